The summed E-state index contributed by atoms with van der Waals surface area (Å²) >= 11 is 0. The number of hydrogen-bond donors (Lipinski definition) is 2. The predicted octanol–water partition coefficient (Wildman–Crippen LogP) is 4.09. The lowest BCUT2D eigenvalue weighted by molar-refractivity contribution is 0.0856. The third kappa shape index (κ3) is 4.85. The maximum Gasteiger partial charge on any atom is 0.248 e. The second kappa shape index (κ2) is 9.07. The van der Waals surface area contributed by atoms with Crippen LogP contribution in [0.5, 0.6) is 5.75 Å². The van der Waals surface area contributed by atoms with Gasteiger partial charge in [-0.3, -0.25) is 0 Å². The van der Waals surface area contributed by atoms with Crippen molar-refractivity contribution in [3.8, 4) is 11.4 Å². The van der Waals surface area contributed by atoms with E-state index in [2.05, 4.69) is 27.3 Å². The van der Waals surface area contributed by atoms with E-state index in [1.165, 1.54) is 5.56 Å². The van der Waals surface area contributed by atoms with Gasteiger partial charge in [0.25, 0.3) is 0 Å². The van der Waals surface area contributed by atoms with Crippen LogP contribution in [0, 0.1) is 6.92 Å². The highest BCUT2D eigenvalue weighted by atomic mass is 16.5. The highest BCUT2D eigenvalue weighted by Gasteiger charge is 2.32. The number of benzene rings is 2. The largest absolute Gasteiger partial charge is 0.494 e. The summed E-state index contributed by atoms with van der Waals surface area (Å²) in [5, 5.41) is 18.6. The molecule has 5 rings (SSSR count). The number of aliphatic hydroxyl groups is 1. The van der Waals surface area contributed by atoms with E-state index >= 15 is 0 Å². The third-order valence-electron chi connectivity index (χ3n) is 6.05. The van der Waals surface area contributed by atoms with Crippen LogP contribution in [0.25, 0.3) is 5.69 Å². The van der Waals surface area contributed by atoms with Gasteiger partial charge < -0.3 is 24.6 Å². The molecule has 0 saturated carbocycles. The zero-order chi connectivity index (χ0) is 24.6. The molecule has 182 valence electrons. The van der Waals surface area contributed by atoms with Gasteiger partial charge in [0.2, 0.25) is 11.9 Å². The average Bonchev–Trinajstić information content (AvgIpc) is 3.45. The first-order valence-corrected chi connectivity index (χ1v) is 11.8. The van der Waals surface area contributed by atoms with Crippen molar-refractivity contribution in [3.05, 3.63) is 72.3 Å². The molecule has 1 atom stereocenters. The van der Waals surface area contributed by atoms with Gasteiger partial charge >= 0.3 is 0 Å². The van der Waals surface area contributed by atoms with Crippen LogP contribution < -0.4 is 15.0 Å². The molecule has 2 aromatic carbocycles. The van der Waals surface area contributed by atoms with E-state index in [1.807, 2.05) is 72.6 Å². The fourth-order valence-corrected chi connectivity index (χ4v) is 4.54. The van der Waals surface area contributed by atoms with E-state index < -0.39 is 5.60 Å². The van der Waals surface area contributed by atoms with Crippen LogP contribution in [0.1, 0.15) is 37.6 Å². The first-order chi connectivity index (χ1) is 16.8. The van der Waals surface area contributed by atoms with Crippen molar-refractivity contribution in [1.82, 2.24) is 24.3 Å². The predicted molar refractivity (Wildman–Crippen MR) is 136 cm³/mol. The molecule has 0 radical (unpaired) electrons. The molecule has 9 heteroatoms. The smallest absolute Gasteiger partial charge is 0.248 e. The number of methoxy groups -OCH3 is 1. The van der Waals surface area contributed by atoms with Crippen molar-refractivity contribution < 1.29 is 9.84 Å². The van der Waals surface area contributed by atoms with Crippen molar-refractivity contribution in [2.75, 3.05) is 30.4 Å². The normalized spacial score (nSPS) is 15.7. The molecular formula is C26H31N7O2. The Hall–Kier alpha value is -3.85. The van der Waals surface area contributed by atoms with Gasteiger partial charge in [-0.25, -0.2) is 9.67 Å². The second-order valence-electron chi connectivity index (χ2n) is 9.56. The summed E-state index contributed by atoms with van der Waals surface area (Å²) in [4.78, 5) is 11.2. The van der Waals surface area contributed by atoms with Gasteiger partial charge in [0.15, 0.2) is 0 Å². The van der Waals surface area contributed by atoms with Gasteiger partial charge in [-0.1, -0.05) is 30.3 Å². The minimum atomic E-state index is -0.848. The van der Waals surface area contributed by atoms with E-state index in [4.69, 9.17) is 14.8 Å². The molecule has 0 bridgehead atoms. The van der Waals surface area contributed by atoms with E-state index in [9.17, 15) is 5.11 Å². The van der Waals surface area contributed by atoms with Crippen LogP contribution in [0.2, 0.25) is 0 Å². The molecule has 0 spiro atoms. The number of fused-ring (bicyclic) bond motifs is 1. The summed E-state index contributed by atoms with van der Waals surface area (Å²) in [6, 6.07) is 16.3. The first kappa shape index (κ1) is 22.9. The fraction of sp³-hybridized carbons (Fsp3) is 0.346. The quantitative estimate of drug-likeness (QED) is 0.417. The number of ether oxygens (including phenoxy) is 1. The number of hydrogen-bond acceptors (Lipinski definition) is 7. The topological polar surface area (TPSA) is 93.3 Å². The molecule has 4 aromatic rings. The Morgan fingerprint density at radius 3 is 2.66 bits per heavy atom. The molecule has 2 N–H and O–H groups in total. The lowest BCUT2D eigenvalue weighted by Crippen LogP contribution is -2.44. The monoisotopic (exact) mass is 473 g/mol. The Labute approximate surface area is 205 Å². The summed E-state index contributed by atoms with van der Waals surface area (Å²) in [7, 11) is 1.65. The molecule has 1 unspecified atom stereocenters. The van der Waals surface area contributed by atoms with E-state index in [1.54, 1.807) is 13.4 Å². The number of nitrogens with zero attached hydrogens (tertiary/aromatic N) is 6. The molecule has 0 aliphatic carbocycles. The van der Waals surface area contributed by atoms with E-state index in [-0.39, 0.29) is 6.04 Å². The van der Waals surface area contributed by atoms with Crippen molar-refractivity contribution in [2.45, 2.75) is 38.8 Å². The van der Waals surface area contributed by atoms with Gasteiger partial charge in [-0.05, 0) is 44.9 Å². The Balaban J connectivity index is 1.47. The second-order valence-corrected chi connectivity index (χ2v) is 9.56. The Kier molecular flexibility index (Phi) is 5.94. The van der Waals surface area contributed by atoms with Crippen LogP contribution in [-0.4, -0.2) is 55.2 Å². The highest BCUT2D eigenvalue weighted by Crippen LogP contribution is 2.34. The van der Waals surface area contributed by atoms with Crippen molar-refractivity contribution in [1.29, 1.82) is 0 Å². The summed E-state index contributed by atoms with van der Waals surface area (Å²) in [5.41, 5.74) is 2.99. The number of aryl methyl sites for hydroxylation is 1. The molecule has 9 nitrogen and oxygen atoms in total. The first-order valence-electron chi connectivity index (χ1n) is 11.8. The zero-order valence-electron chi connectivity index (χ0n) is 20.5. The van der Waals surface area contributed by atoms with Crippen LogP contribution in [-0.2, 0) is 0 Å². The zero-order valence-corrected chi connectivity index (χ0v) is 20.5. The standard InChI is InChI=1S/C26H31N7O2/c1-18-15-32(17-27-18)22-11-10-20(14-23(22)35-4)28-24-29-25-31(16-26(2,3)34)13-12-21(33(25)30-24)19-8-6-5-7-9-19/h5-11,14-15,17,21,34H,12-13,16H2,1-4H3,(H,28,30). The third-order valence-corrected chi connectivity index (χ3v) is 6.05. The Morgan fingerprint density at radius 2 is 1.97 bits per heavy atom. The number of nitrogens with one attached hydrogen (secondary N) is 1. The van der Waals surface area contributed by atoms with Crippen LogP contribution in [0.4, 0.5) is 17.6 Å². The maximum absolute atomic E-state index is 10.5. The maximum atomic E-state index is 10.5. The average molecular weight is 474 g/mol. The minimum absolute atomic E-state index is 0.0775. The van der Waals surface area contributed by atoms with Gasteiger partial charge in [0.1, 0.15) is 5.75 Å². The lowest BCUT2D eigenvalue weighted by Gasteiger charge is -2.36. The van der Waals surface area contributed by atoms with Gasteiger partial charge in [0, 0.05) is 31.0 Å². The molecular weight excluding hydrogens is 442 g/mol. The molecule has 35 heavy (non-hydrogen) atoms. The number of rotatable bonds is 7. The van der Waals surface area contributed by atoms with E-state index in [0.29, 0.717) is 18.2 Å². The van der Waals surface area contributed by atoms with Crippen LogP contribution in [0.3, 0.4) is 0 Å². The van der Waals surface area contributed by atoms with Crippen LogP contribution in [0.15, 0.2) is 61.1 Å². The van der Waals surface area contributed by atoms with Gasteiger partial charge in [-0.15, -0.1) is 5.10 Å². The molecule has 0 fully saturated rings. The Morgan fingerprint density at radius 1 is 1.17 bits per heavy atom. The number of anilines is 3. The summed E-state index contributed by atoms with van der Waals surface area (Å²) in [5.74, 6) is 1.95. The van der Waals surface area contributed by atoms with Crippen LogP contribution >= 0.6 is 0 Å². The summed E-state index contributed by atoms with van der Waals surface area (Å²) in [6.45, 7) is 6.83. The highest BCUT2D eigenvalue weighted by molar-refractivity contribution is 5.62. The molecule has 0 amide bonds. The minimum Gasteiger partial charge on any atom is -0.494 e. The number of imidazole rings is 1. The van der Waals surface area contributed by atoms with Crippen molar-refractivity contribution in [3.63, 3.8) is 0 Å². The number of aromatic nitrogens is 5. The van der Waals surface area contributed by atoms with Gasteiger partial charge in [0.05, 0.1) is 36.5 Å². The summed E-state index contributed by atoms with van der Waals surface area (Å²) in [6.07, 6.45) is 4.60. The Bertz CT molecular complexity index is 1310. The van der Waals surface area contributed by atoms with Crippen molar-refractivity contribution >= 4 is 17.6 Å². The molecule has 1 aliphatic heterocycles. The van der Waals surface area contributed by atoms with Crippen molar-refractivity contribution in [2.24, 2.45) is 0 Å². The molecule has 0 saturated heterocycles. The fourth-order valence-electron chi connectivity index (χ4n) is 4.54. The molecule has 3 heterocycles. The molecule has 1 aliphatic rings. The lowest BCUT2D eigenvalue weighted by atomic mass is 10.0. The van der Waals surface area contributed by atoms with Gasteiger partial charge in [-0.2, -0.15) is 4.98 Å². The van der Waals surface area contributed by atoms with E-state index in [0.717, 1.165) is 36.0 Å². The SMILES string of the molecule is COc1cc(Nc2nc3n(n2)C(c2ccccc2)CCN3CC(C)(C)O)ccc1-n1cnc(C)c1. The summed E-state index contributed by atoms with van der Waals surface area (Å²) < 4.78 is 9.54. The number of β-amino-alcohol motifs (C(OH)–C–C–N with tert-alkyl or cyclic N) is 1. The molecule has 2 aromatic heterocycles.